The Kier molecular flexibility index (Phi) is 3.03. The van der Waals surface area contributed by atoms with Crippen molar-refractivity contribution < 1.29 is 19.4 Å². The molecule has 0 amide bonds. The number of hydrogen-bond donors (Lipinski definition) is 3. The van der Waals surface area contributed by atoms with Crippen LogP contribution in [0, 0.1) is 5.82 Å². The Bertz CT molecular complexity index is 354. The summed E-state index contributed by atoms with van der Waals surface area (Å²) < 4.78 is 13.1. The first-order valence-electron chi connectivity index (χ1n) is 3.96. The third-order valence-corrected chi connectivity index (χ3v) is 1.79. The van der Waals surface area contributed by atoms with Gasteiger partial charge in [0.15, 0.2) is 0 Å². The van der Waals surface area contributed by atoms with E-state index in [0.29, 0.717) is 0 Å². The van der Waals surface area contributed by atoms with Crippen LogP contribution >= 0.6 is 0 Å². The van der Waals surface area contributed by atoms with Crippen LogP contribution in [-0.2, 0) is 11.2 Å². The fourth-order valence-electron chi connectivity index (χ4n) is 1.03. The van der Waals surface area contributed by atoms with E-state index < -0.39 is 17.8 Å². The summed E-state index contributed by atoms with van der Waals surface area (Å²) in [5.41, 5.74) is 5.41. The molecule has 0 spiro atoms. The summed E-state index contributed by atoms with van der Waals surface area (Å²) in [6.45, 7) is 0. The van der Waals surface area contributed by atoms with Gasteiger partial charge < -0.3 is 15.9 Å². The summed E-state index contributed by atoms with van der Waals surface area (Å²) in [5, 5.41) is 17.4. The third-order valence-electron chi connectivity index (χ3n) is 1.79. The van der Waals surface area contributed by atoms with Crippen LogP contribution in [0.1, 0.15) is 5.56 Å². The van der Waals surface area contributed by atoms with E-state index in [1.807, 2.05) is 0 Å². The zero-order valence-corrected chi connectivity index (χ0v) is 7.27. The molecule has 0 aliphatic rings. The molecule has 4 nitrogen and oxygen atoms in total. The van der Waals surface area contributed by atoms with E-state index in [1.165, 1.54) is 12.1 Å². The molecule has 0 saturated carbocycles. The smallest absolute Gasteiger partial charge is 0.320 e. The highest BCUT2D eigenvalue weighted by Crippen LogP contribution is 2.15. The average molecular weight is 198 g/mol. The lowest BCUT2D eigenvalue weighted by atomic mass is 10.1. The van der Waals surface area contributed by atoms with Gasteiger partial charge in [-0.3, -0.25) is 4.79 Å². The number of carbonyl (C=O) groups is 1. The number of aromatic hydroxyl groups is 1. The number of rotatable bonds is 3. The predicted octanol–water partition coefficient (Wildman–Crippen LogP) is 0.486. The van der Waals surface area contributed by atoms with E-state index in [2.05, 4.69) is 0 Å². The maximum Gasteiger partial charge on any atom is 0.320 e. The van der Waals surface area contributed by atoms with Gasteiger partial charge in [-0.2, -0.15) is 0 Å². The minimum atomic E-state index is -1.18. The van der Waals surface area contributed by atoms with Gasteiger partial charge in [0.05, 0.1) is 0 Å². The van der Waals surface area contributed by atoms with Crippen molar-refractivity contribution in [2.75, 3.05) is 0 Å². The molecule has 0 unspecified atom stereocenters. The first-order valence-corrected chi connectivity index (χ1v) is 3.96. The van der Waals surface area contributed by atoms with Gasteiger partial charge in [-0.15, -0.1) is 0 Å². The molecule has 0 aliphatic heterocycles. The predicted molar refractivity (Wildman–Crippen MR) is 47.4 cm³/mol. The maximum absolute atomic E-state index is 13.1. The zero-order valence-electron chi connectivity index (χ0n) is 7.27. The van der Waals surface area contributed by atoms with Gasteiger partial charge in [0.2, 0.25) is 0 Å². The van der Waals surface area contributed by atoms with Crippen molar-refractivity contribution in [3.05, 3.63) is 29.6 Å². The van der Waals surface area contributed by atoms with Crippen molar-refractivity contribution in [2.24, 2.45) is 5.73 Å². The molecular formula is C9H10FNO3. The Labute approximate surface area is 79.8 Å². The van der Waals surface area contributed by atoms with Crippen LogP contribution in [0.25, 0.3) is 0 Å². The topological polar surface area (TPSA) is 83.5 Å². The lowest BCUT2D eigenvalue weighted by Gasteiger charge is -2.07. The molecule has 0 heterocycles. The second kappa shape index (κ2) is 4.06. The normalized spacial score (nSPS) is 12.4. The largest absolute Gasteiger partial charge is 0.508 e. The molecule has 4 N–H and O–H groups in total. The van der Waals surface area contributed by atoms with Crippen LogP contribution in [0.5, 0.6) is 5.75 Å². The zero-order chi connectivity index (χ0) is 10.7. The van der Waals surface area contributed by atoms with Crippen molar-refractivity contribution in [3.63, 3.8) is 0 Å². The minimum absolute atomic E-state index is 0.0958. The molecule has 5 heteroatoms. The van der Waals surface area contributed by atoms with Gasteiger partial charge in [-0.1, -0.05) is 6.07 Å². The number of phenols is 1. The first kappa shape index (κ1) is 10.5. The molecule has 1 aromatic carbocycles. The molecule has 0 bridgehead atoms. The highest BCUT2D eigenvalue weighted by molar-refractivity contribution is 5.73. The summed E-state index contributed by atoms with van der Waals surface area (Å²) in [6.07, 6.45) is -0.0958. The summed E-state index contributed by atoms with van der Waals surface area (Å²) in [7, 11) is 0. The van der Waals surface area contributed by atoms with Crippen LogP contribution in [0.15, 0.2) is 18.2 Å². The fourth-order valence-corrected chi connectivity index (χ4v) is 1.03. The van der Waals surface area contributed by atoms with Gasteiger partial charge in [0.25, 0.3) is 0 Å². The van der Waals surface area contributed by atoms with Gasteiger partial charge in [0.1, 0.15) is 17.6 Å². The molecule has 14 heavy (non-hydrogen) atoms. The van der Waals surface area contributed by atoms with Crippen molar-refractivity contribution in [3.8, 4) is 5.75 Å². The second-order valence-corrected chi connectivity index (χ2v) is 2.92. The van der Waals surface area contributed by atoms with E-state index in [4.69, 9.17) is 15.9 Å². The van der Waals surface area contributed by atoms with Crippen molar-refractivity contribution in [1.29, 1.82) is 0 Å². The molecule has 0 aliphatic carbocycles. The van der Waals surface area contributed by atoms with Gasteiger partial charge in [0, 0.05) is 12.5 Å². The molecular weight excluding hydrogens is 188 g/mol. The molecule has 0 fully saturated rings. The van der Waals surface area contributed by atoms with Crippen molar-refractivity contribution in [1.82, 2.24) is 0 Å². The van der Waals surface area contributed by atoms with E-state index in [9.17, 15) is 9.18 Å². The number of carboxylic acid groups (broad SMARTS) is 1. The standard InChI is InChI=1S/C9H10FNO3/c10-7-4-6(12)2-1-5(7)3-8(11)9(13)14/h1-2,4,8,12H,3,11H2,(H,13,14)/t8-/m0/s1/i10-1. The highest BCUT2D eigenvalue weighted by atomic mass is 18.2. The highest BCUT2D eigenvalue weighted by Gasteiger charge is 2.14. The Hall–Kier alpha value is -1.62. The van der Waals surface area contributed by atoms with E-state index >= 15 is 0 Å². The monoisotopic (exact) mass is 198 g/mol. The summed E-state index contributed by atoms with van der Waals surface area (Å²) >= 11 is 0. The Morgan fingerprint density at radius 1 is 1.57 bits per heavy atom. The molecule has 0 saturated heterocycles. The number of nitrogens with two attached hydrogens (primary N) is 1. The minimum Gasteiger partial charge on any atom is -0.508 e. The lowest BCUT2D eigenvalue weighted by molar-refractivity contribution is -0.138. The van der Waals surface area contributed by atoms with Crippen LogP contribution in [0.2, 0.25) is 0 Å². The van der Waals surface area contributed by atoms with Crippen molar-refractivity contribution in [2.45, 2.75) is 12.5 Å². The lowest BCUT2D eigenvalue weighted by Crippen LogP contribution is -2.32. The van der Waals surface area contributed by atoms with E-state index in [1.54, 1.807) is 0 Å². The molecule has 0 radical (unpaired) electrons. The fraction of sp³-hybridized carbons (Fsp3) is 0.222. The van der Waals surface area contributed by atoms with Crippen LogP contribution in [0.3, 0.4) is 0 Å². The number of benzene rings is 1. The molecule has 0 aromatic heterocycles. The van der Waals surface area contributed by atoms with Crippen LogP contribution < -0.4 is 5.73 Å². The molecule has 1 atom stereocenters. The second-order valence-electron chi connectivity index (χ2n) is 2.92. The van der Waals surface area contributed by atoms with E-state index in [-0.39, 0.29) is 17.7 Å². The van der Waals surface area contributed by atoms with Gasteiger partial charge >= 0.3 is 5.97 Å². The molecule has 1 rings (SSSR count). The Morgan fingerprint density at radius 3 is 2.71 bits per heavy atom. The number of hydrogen-bond acceptors (Lipinski definition) is 3. The average Bonchev–Trinajstić information content (AvgIpc) is 2.09. The van der Waals surface area contributed by atoms with Crippen molar-refractivity contribution >= 4 is 5.97 Å². The molecule has 1 aromatic rings. The number of carboxylic acids is 1. The molecule has 76 valence electrons. The maximum atomic E-state index is 13.1. The number of phenolic OH excluding ortho intramolecular Hbond substituents is 1. The third kappa shape index (κ3) is 2.43. The number of halogens is 1. The van der Waals surface area contributed by atoms with Gasteiger partial charge in [-0.25, -0.2) is 4.39 Å². The summed E-state index contributed by atoms with van der Waals surface area (Å²) in [6, 6.07) is 2.39. The first-order chi connectivity index (χ1) is 6.50. The van der Waals surface area contributed by atoms with Gasteiger partial charge in [-0.05, 0) is 11.6 Å². The summed E-state index contributed by atoms with van der Waals surface area (Å²) in [5.74, 6) is -2.03. The quantitative estimate of drug-likeness (QED) is 0.659. The van der Waals surface area contributed by atoms with E-state index in [0.717, 1.165) is 6.07 Å². The Morgan fingerprint density at radius 2 is 2.21 bits per heavy atom. The SMILES string of the molecule is N[C@@H](Cc1ccc(O)cc1[18F])C(=O)O. The van der Waals surface area contributed by atoms with Crippen LogP contribution in [-0.4, -0.2) is 22.2 Å². The van der Waals surface area contributed by atoms with Crippen LogP contribution in [0.4, 0.5) is 4.39 Å². The Balaban J connectivity index is 2.82. The number of aliphatic carboxylic acids is 1. The summed E-state index contributed by atoms with van der Waals surface area (Å²) in [4.78, 5) is 10.4.